The molecule has 5 rings (SSSR count). The first-order chi connectivity index (χ1) is 13.2. The van der Waals surface area contributed by atoms with Crippen LogP contribution in [0.1, 0.15) is 23.3 Å². The van der Waals surface area contributed by atoms with E-state index < -0.39 is 0 Å². The Balaban J connectivity index is 1.35. The Hall–Kier alpha value is -1.90. The molecule has 0 bridgehead atoms. The van der Waals surface area contributed by atoms with E-state index in [4.69, 9.17) is 20.2 Å². The van der Waals surface area contributed by atoms with Crippen molar-refractivity contribution in [3.05, 3.63) is 28.0 Å². The number of rotatable bonds is 2. The van der Waals surface area contributed by atoms with Gasteiger partial charge in [0.2, 0.25) is 5.95 Å². The smallest absolute Gasteiger partial charge is 0.229 e. The number of anilines is 3. The fourth-order valence-corrected chi connectivity index (χ4v) is 5.50. The molecule has 8 heteroatoms. The van der Waals surface area contributed by atoms with Crippen molar-refractivity contribution in [1.82, 2.24) is 9.97 Å². The summed E-state index contributed by atoms with van der Waals surface area (Å²) < 4.78 is 11.8. The molecule has 0 aromatic carbocycles. The van der Waals surface area contributed by atoms with Gasteiger partial charge in [-0.05, 0) is 36.3 Å². The van der Waals surface area contributed by atoms with Gasteiger partial charge >= 0.3 is 0 Å². The van der Waals surface area contributed by atoms with E-state index >= 15 is 0 Å². The van der Waals surface area contributed by atoms with E-state index in [9.17, 15) is 0 Å². The van der Waals surface area contributed by atoms with Gasteiger partial charge in [0.15, 0.2) is 0 Å². The van der Waals surface area contributed by atoms with Crippen LogP contribution >= 0.6 is 11.3 Å². The van der Waals surface area contributed by atoms with Gasteiger partial charge in [0.25, 0.3) is 0 Å². The van der Waals surface area contributed by atoms with Crippen LogP contribution in [0.3, 0.4) is 0 Å². The molecule has 27 heavy (non-hydrogen) atoms. The van der Waals surface area contributed by atoms with Crippen LogP contribution in [0.2, 0.25) is 0 Å². The van der Waals surface area contributed by atoms with Crippen LogP contribution in [0.25, 0.3) is 0 Å². The quantitative estimate of drug-likeness (QED) is 0.845. The second kappa shape index (κ2) is 6.92. The maximum Gasteiger partial charge on any atom is 0.229 e. The van der Waals surface area contributed by atoms with Crippen LogP contribution in [0, 0.1) is 0 Å². The summed E-state index contributed by atoms with van der Waals surface area (Å²) in [6, 6.07) is 4.15. The number of thiophene rings is 1. The number of morpholine rings is 1. The SMILES string of the molecule is Nc1cc(N2CCC3(CC2)OCCc2ccsc23)nc(N2CCOCC2)n1. The zero-order valence-electron chi connectivity index (χ0n) is 15.4. The Kier molecular flexibility index (Phi) is 4.41. The first-order valence-corrected chi connectivity index (χ1v) is 10.5. The summed E-state index contributed by atoms with van der Waals surface area (Å²) in [5.41, 5.74) is 7.47. The van der Waals surface area contributed by atoms with Crippen molar-refractivity contribution in [2.75, 3.05) is 61.5 Å². The van der Waals surface area contributed by atoms with Gasteiger partial charge in [0.05, 0.1) is 19.8 Å². The van der Waals surface area contributed by atoms with Crippen LogP contribution in [-0.2, 0) is 21.5 Å². The number of ether oxygens (including phenoxy) is 2. The molecule has 0 radical (unpaired) electrons. The van der Waals surface area contributed by atoms with Gasteiger partial charge in [-0.1, -0.05) is 0 Å². The van der Waals surface area contributed by atoms with Crippen LogP contribution in [0.15, 0.2) is 17.5 Å². The van der Waals surface area contributed by atoms with E-state index in [1.54, 1.807) is 0 Å². The molecule has 7 nitrogen and oxygen atoms in total. The summed E-state index contributed by atoms with van der Waals surface area (Å²) in [7, 11) is 0. The van der Waals surface area contributed by atoms with Gasteiger partial charge in [-0.25, -0.2) is 0 Å². The minimum Gasteiger partial charge on any atom is -0.383 e. The molecule has 2 fully saturated rings. The van der Waals surface area contributed by atoms with Gasteiger partial charge in [-0.2, -0.15) is 9.97 Å². The molecule has 0 amide bonds. The number of nitrogens with zero attached hydrogens (tertiary/aromatic N) is 4. The van der Waals surface area contributed by atoms with E-state index in [0.717, 1.165) is 57.9 Å². The molecule has 3 aliphatic heterocycles. The molecule has 0 saturated carbocycles. The second-order valence-electron chi connectivity index (χ2n) is 7.41. The molecule has 1 spiro atoms. The number of nitrogens with two attached hydrogens (primary N) is 1. The average molecular weight is 388 g/mol. The van der Waals surface area contributed by atoms with E-state index in [2.05, 4.69) is 26.2 Å². The first-order valence-electron chi connectivity index (χ1n) is 9.67. The zero-order valence-corrected chi connectivity index (χ0v) is 16.2. The Morgan fingerprint density at radius 3 is 2.67 bits per heavy atom. The van der Waals surface area contributed by atoms with E-state index in [0.29, 0.717) is 25.0 Å². The molecule has 0 atom stereocenters. The maximum absolute atomic E-state index is 6.32. The lowest BCUT2D eigenvalue weighted by Crippen LogP contribution is -2.46. The number of aromatic nitrogens is 2. The zero-order chi connectivity index (χ0) is 18.3. The maximum atomic E-state index is 6.32. The minimum absolute atomic E-state index is 0.107. The highest BCUT2D eigenvalue weighted by Gasteiger charge is 2.42. The predicted molar refractivity (Wildman–Crippen MR) is 107 cm³/mol. The Labute approximate surface area is 163 Å². The lowest BCUT2D eigenvalue weighted by atomic mass is 9.85. The predicted octanol–water partition coefficient (Wildman–Crippen LogP) is 2.03. The summed E-state index contributed by atoms with van der Waals surface area (Å²) >= 11 is 1.84. The topological polar surface area (TPSA) is 76.7 Å². The summed E-state index contributed by atoms with van der Waals surface area (Å²) in [4.78, 5) is 15.2. The molecule has 2 aromatic heterocycles. The van der Waals surface area contributed by atoms with Crippen molar-refractivity contribution < 1.29 is 9.47 Å². The Bertz CT molecular complexity index is 812. The molecule has 2 aromatic rings. The van der Waals surface area contributed by atoms with Crippen molar-refractivity contribution in [2.24, 2.45) is 0 Å². The van der Waals surface area contributed by atoms with Gasteiger partial charge < -0.3 is 25.0 Å². The summed E-state index contributed by atoms with van der Waals surface area (Å²) in [5.74, 6) is 2.15. The van der Waals surface area contributed by atoms with E-state index in [1.165, 1.54) is 10.4 Å². The number of piperidine rings is 1. The van der Waals surface area contributed by atoms with Gasteiger partial charge in [0.1, 0.15) is 17.2 Å². The van der Waals surface area contributed by atoms with Crippen molar-refractivity contribution in [3.8, 4) is 0 Å². The highest BCUT2D eigenvalue weighted by Crippen LogP contribution is 2.44. The summed E-state index contributed by atoms with van der Waals surface area (Å²) in [5, 5.41) is 2.20. The lowest BCUT2D eigenvalue weighted by Gasteiger charge is -2.44. The first kappa shape index (κ1) is 17.2. The molecule has 5 heterocycles. The second-order valence-corrected chi connectivity index (χ2v) is 8.32. The van der Waals surface area contributed by atoms with E-state index in [1.807, 2.05) is 17.4 Å². The fraction of sp³-hybridized carbons (Fsp3) is 0.579. The molecular weight excluding hydrogens is 362 g/mol. The molecule has 3 aliphatic rings. The van der Waals surface area contributed by atoms with Crippen molar-refractivity contribution in [1.29, 1.82) is 0 Å². The number of nitrogen functional groups attached to an aromatic ring is 1. The van der Waals surface area contributed by atoms with Crippen LogP contribution < -0.4 is 15.5 Å². The van der Waals surface area contributed by atoms with Crippen LogP contribution in [-0.4, -0.2) is 56.0 Å². The largest absolute Gasteiger partial charge is 0.383 e. The molecular formula is C19H25N5O2S. The third-order valence-corrected chi connectivity index (χ3v) is 6.96. The highest BCUT2D eigenvalue weighted by atomic mass is 32.1. The number of fused-ring (bicyclic) bond motifs is 2. The number of hydrogen-bond acceptors (Lipinski definition) is 8. The van der Waals surface area contributed by atoms with Crippen molar-refractivity contribution in [2.45, 2.75) is 24.9 Å². The molecule has 0 aliphatic carbocycles. The van der Waals surface area contributed by atoms with Crippen molar-refractivity contribution >= 4 is 28.9 Å². The Morgan fingerprint density at radius 1 is 1.04 bits per heavy atom. The molecule has 2 N–H and O–H groups in total. The fourth-order valence-electron chi connectivity index (χ4n) is 4.33. The number of hydrogen-bond donors (Lipinski definition) is 1. The van der Waals surface area contributed by atoms with Crippen molar-refractivity contribution in [3.63, 3.8) is 0 Å². The summed E-state index contributed by atoms with van der Waals surface area (Å²) in [6.45, 7) is 5.68. The van der Waals surface area contributed by atoms with Crippen LogP contribution in [0.5, 0.6) is 0 Å². The van der Waals surface area contributed by atoms with Gasteiger partial charge in [0, 0.05) is 37.1 Å². The summed E-state index contributed by atoms with van der Waals surface area (Å²) in [6.07, 6.45) is 3.00. The third-order valence-electron chi connectivity index (χ3n) is 5.82. The van der Waals surface area contributed by atoms with Gasteiger partial charge in [-0.3, -0.25) is 0 Å². The molecule has 0 unspecified atom stereocenters. The van der Waals surface area contributed by atoms with Gasteiger partial charge in [-0.15, -0.1) is 11.3 Å². The standard InChI is InChI=1S/C19H25N5O2S/c20-15-13-16(22-18(21-15)24-7-10-25-11-8-24)23-5-3-19(4-6-23)17-14(1-9-26-19)2-12-27-17/h2,12-13H,1,3-11H2,(H2,20,21,22). The minimum atomic E-state index is -0.107. The normalized spacial score (nSPS) is 22.1. The molecule has 2 saturated heterocycles. The third kappa shape index (κ3) is 3.15. The van der Waals surface area contributed by atoms with E-state index in [-0.39, 0.29) is 5.60 Å². The van der Waals surface area contributed by atoms with Crippen LogP contribution in [0.4, 0.5) is 17.6 Å². The monoisotopic (exact) mass is 387 g/mol. The average Bonchev–Trinajstić information content (AvgIpc) is 3.19. The molecule has 144 valence electrons. The Morgan fingerprint density at radius 2 is 1.85 bits per heavy atom. The lowest BCUT2D eigenvalue weighted by molar-refractivity contribution is -0.0735. The highest BCUT2D eigenvalue weighted by molar-refractivity contribution is 7.10.